The molecule has 2 aromatic rings. The number of nitrogens with one attached hydrogen (secondary N) is 1. The topological polar surface area (TPSA) is 21.3 Å². The molecule has 0 saturated heterocycles. The number of fused-ring (bicyclic) bond motifs is 1. The van der Waals surface area contributed by atoms with Crippen LogP contribution in [0.4, 0.5) is 0 Å². The normalized spacial score (nSPS) is 15.5. The molecule has 1 aliphatic rings. The Balaban J connectivity index is 1.45. The zero-order valence-corrected chi connectivity index (χ0v) is 13.4. The molecule has 1 aromatic carbocycles. The first-order valence-electron chi connectivity index (χ1n) is 7.84. The lowest BCUT2D eigenvalue weighted by Crippen LogP contribution is -2.23. The first-order chi connectivity index (χ1) is 10.3. The van der Waals surface area contributed by atoms with Crippen LogP contribution >= 0.6 is 11.3 Å². The van der Waals surface area contributed by atoms with E-state index in [0.717, 1.165) is 12.3 Å². The maximum absolute atomic E-state index is 5.88. The van der Waals surface area contributed by atoms with Gasteiger partial charge >= 0.3 is 0 Å². The van der Waals surface area contributed by atoms with Gasteiger partial charge in [0.15, 0.2) is 0 Å². The summed E-state index contributed by atoms with van der Waals surface area (Å²) in [5.41, 5.74) is 3.00. The average Bonchev–Trinajstić information content (AvgIpc) is 3.06. The molecule has 21 heavy (non-hydrogen) atoms. The van der Waals surface area contributed by atoms with Crippen LogP contribution in [0.2, 0.25) is 0 Å². The van der Waals surface area contributed by atoms with Crippen molar-refractivity contribution in [3.05, 3.63) is 51.7 Å². The Hall–Kier alpha value is -1.32. The molecule has 1 heterocycles. The fourth-order valence-corrected chi connectivity index (χ4v) is 3.64. The summed E-state index contributed by atoms with van der Waals surface area (Å²) in [7, 11) is 0. The molecule has 0 radical (unpaired) electrons. The molecule has 2 nitrogen and oxygen atoms in total. The monoisotopic (exact) mass is 301 g/mol. The summed E-state index contributed by atoms with van der Waals surface area (Å²) in [6.45, 7) is 3.79. The minimum atomic E-state index is 0.400. The number of thiophene rings is 1. The van der Waals surface area contributed by atoms with Crippen LogP contribution in [-0.4, -0.2) is 13.2 Å². The Kier molecular flexibility index (Phi) is 4.94. The van der Waals surface area contributed by atoms with E-state index in [4.69, 9.17) is 4.74 Å². The van der Waals surface area contributed by atoms with E-state index in [1.807, 2.05) is 0 Å². The third kappa shape index (κ3) is 3.86. The van der Waals surface area contributed by atoms with E-state index >= 15 is 0 Å². The van der Waals surface area contributed by atoms with Gasteiger partial charge in [0.25, 0.3) is 0 Å². The van der Waals surface area contributed by atoms with Crippen LogP contribution in [0.25, 0.3) is 0 Å². The predicted octanol–water partition coefficient (Wildman–Crippen LogP) is 4.36. The zero-order chi connectivity index (χ0) is 14.5. The minimum Gasteiger partial charge on any atom is -0.492 e. The molecule has 1 unspecified atom stereocenters. The molecular formula is C18H23NOS. The highest BCUT2D eigenvalue weighted by Gasteiger charge is 2.10. The van der Waals surface area contributed by atoms with Gasteiger partial charge in [-0.2, -0.15) is 0 Å². The van der Waals surface area contributed by atoms with Crippen molar-refractivity contribution in [1.29, 1.82) is 0 Å². The smallest absolute Gasteiger partial charge is 0.119 e. The molecule has 0 fully saturated rings. The Labute approximate surface area is 131 Å². The fraction of sp³-hybridized carbons (Fsp3) is 0.444. The fourth-order valence-electron chi connectivity index (χ4n) is 2.88. The molecule has 0 amide bonds. The molecule has 1 atom stereocenters. The second kappa shape index (κ2) is 7.10. The van der Waals surface area contributed by atoms with E-state index in [-0.39, 0.29) is 0 Å². The van der Waals surface area contributed by atoms with Gasteiger partial charge in [0.1, 0.15) is 12.4 Å². The predicted molar refractivity (Wildman–Crippen MR) is 89.3 cm³/mol. The average molecular weight is 301 g/mol. The second-order valence-electron chi connectivity index (χ2n) is 5.68. The maximum atomic E-state index is 5.88. The van der Waals surface area contributed by atoms with E-state index in [0.29, 0.717) is 12.6 Å². The van der Waals surface area contributed by atoms with Crippen LogP contribution in [0.3, 0.4) is 0 Å². The highest BCUT2D eigenvalue weighted by atomic mass is 32.1. The van der Waals surface area contributed by atoms with Crippen LogP contribution in [0.15, 0.2) is 35.7 Å². The summed E-state index contributed by atoms with van der Waals surface area (Å²) >= 11 is 1.80. The number of ether oxygens (including phenoxy) is 1. The number of hydrogen-bond donors (Lipinski definition) is 1. The summed E-state index contributed by atoms with van der Waals surface area (Å²) in [6.07, 6.45) is 5.09. The minimum absolute atomic E-state index is 0.400. The van der Waals surface area contributed by atoms with Gasteiger partial charge in [0.05, 0.1) is 0 Å². The van der Waals surface area contributed by atoms with Gasteiger partial charge in [-0.3, -0.25) is 0 Å². The molecule has 0 aliphatic heterocycles. The van der Waals surface area contributed by atoms with Crippen molar-refractivity contribution in [2.24, 2.45) is 0 Å². The number of hydrogen-bond acceptors (Lipinski definition) is 3. The number of benzene rings is 1. The standard InChI is InChI=1S/C18H23NOS/c1-14(18-7-4-12-21-18)19-10-11-20-17-9-8-15-5-2-3-6-16(15)13-17/h4,7-9,12-14,19H,2-3,5-6,10-11H2,1H3. The first-order valence-corrected chi connectivity index (χ1v) is 8.72. The van der Waals surface area contributed by atoms with E-state index < -0.39 is 0 Å². The van der Waals surface area contributed by atoms with Crippen molar-refractivity contribution in [2.75, 3.05) is 13.2 Å². The van der Waals surface area contributed by atoms with Gasteiger partial charge in [-0.1, -0.05) is 12.1 Å². The third-order valence-electron chi connectivity index (χ3n) is 4.11. The third-order valence-corrected chi connectivity index (χ3v) is 5.17. The van der Waals surface area contributed by atoms with E-state index in [1.54, 1.807) is 11.3 Å². The number of aryl methyl sites for hydroxylation is 2. The Morgan fingerprint density at radius 1 is 1.19 bits per heavy atom. The quantitative estimate of drug-likeness (QED) is 0.801. The van der Waals surface area contributed by atoms with Crippen LogP contribution in [0.1, 0.15) is 41.8 Å². The molecular weight excluding hydrogens is 278 g/mol. The van der Waals surface area contributed by atoms with E-state index in [1.165, 1.54) is 41.7 Å². The largest absolute Gasteiger partial charge is 0.492 e. The lowest BCUT2D eigenvalue weighted by Gasteiger charge is -2.17. The van der Waals surface area contributed by atoms with Crippen molar-refractivity contribution in [1.82, 2.24) is 5.32 Å². The van der Waals surface area contributed by atoms with Crippen LogP contribution in [0.5, 0.6) is 5.75 Å². The summed E-state index contributed by atoms with van der Waals surface area (Å²) in [5.74, 6) is 1.02. The van der Waals surface area contributed by atoms with Crippen LogP contribution in [-0.2, 0) is 12.8 Å². The van der Waals surface area contributed by atoms with Crippen LogP contribution < -0.4 is 10.1 Å². The molecule has 1 N–H and O–H groups in total. The number of rotatable bonds is 6. The summed E-state index contributed by atoms with van der Waals surface area (Å²) < 4.78 is 5.88. The van der Waals surface area contributed by atoms with Gasteiger partial charge in [0, 0.05) is 17.5 Å². The Bertz CT molecular complexity index is 565. The lowest BCUT2D eigenvalue weighted by atomic mass is 9.92. The van der Waals surface area contributed by atoms with Crippen molar-refractivity contribution in [3.63, 3.8) is 0 Å². The van der Waals surface area contributed by atoms with E-state index in [2.05, 4.69) is 48.0 Å². The van der Waals surface area contributed by atoms with Crippen LogP contribution in [0, 0.1) is 0 Å². The van der Waals surface area contributed by atoms with Gasteiger partial charge < -0.3 is 10.1 Å². The first kappa shape index (κ1) is 14.6. The van der Waals surface area contributed by atoms with Crippen molar-refractivity contribution >= 4 is 11.3 Å². The van der Waals surface area contributed by atoms with Gasteiger partial charge in [-0.05, 0) is 67.3 Å². The molecule has 0 saturated carbocycles. The molecule has 3 heteroatoms. The molecule has 1 aromatic heterocycles. The highest BCUT2D eigenvalue weighted by Crippen LogP contribution is 2.25. The molecule has 3 rings (SSSR count). The Morgan fingerprint density at radius 2 is 2.05 bits per heavy atom. The zero-order valence-electron chi connectivity index (χ0n) is 12.6. The SMILES string of the molecule is CC(NCCOc1ccc2c(c1)CCCC2)c1cccs1. The maximum Gasteiger partial charge on any atom is 0.119 e. The molecule has 0 spiro atoms. The molecule has 112 valence electrons. The summed E-state index contributed by atoms with van der Waals surface area (Å²) in [4.78, 5) is 1.38. The molecule has 1 aliphatic carbocycles. The van der Waals surface area contributed by atoms with Gasteiger partial charge in [-0.25, -0.2) is 0 Å². The van der Waals surface area contributed by atoms with Crippen molar-refractivity contribution in [2.45, 2.75) is 38.6 Å². The lowest BCUT2D eigenvalue weighted by molar-refractivity contribution is 0.307. The summed E-state index contributed by atoms with van der Waals surface area (Å²) in [6, 6.07) is 11.3. The van der Waals surface area contributed by atoms with E-state index in [9.17, 15) is 0 Å². The van der Waals surface area contributed by atoms with Crippen molar-refractivity contribution in [3.8, 4) is 5.75 Å². The molecule has 0 bridgehead atoms. The summed E-state index contributed by atoms with van der Waals surface area (Å²) in [5, 5.41) is 5.63. The van der Waals surface area contributed by atoms with Gasteiger partial charge in [-0.15, -0.1) is 11.3 Å². The second-order valence-corrected chi connectivity index (χ2v) is 6.66. The van der Waals surface area contributed by atoms with Gasteiger partial charge in [0.2, 0.25) is 0 Å². The van der Waals surface area contributed by atoms with Crippen molar-refractivity contribution < 1.29 is 4.74 Å². The highest BCUT2D eigenvalue weighted by molar-refractivity contribution is 7.10. The Morgan fingerprint density at radius 3 is 2.86 bits per heavy atom.